The molecule has 2 rings (SSSR count). The summed E-state index contributed by atoms with van der Waals surface area (Å²) in [7, 11) is 0. The molecule has 0 aliphatic rings. The number of carbonyl (C=O) groups is 1. The lowest BCUT2D eigenvalue weighted by atomic mass is 10.3. The average molecular weight is 290 g/mol. The maximum absolute atomic E-state index is 11.7. The van der Waals surface area contributed by atoms with Gasteiger partial charge in [0.25, 0.3) is 0 Å². The second kappa shape index (κ2) is 6.96. The van der Waals surface area contributed by atoms with Gasteiger partial charge in [-0.3, -0.25) is 4.79 Å². The van der Waals surface area contributed by atoms with Crippen LogP contribution in [0.1, 0.15) is 16.9 Å². The van der Waals surface area contributed by atoms with Crippen LogP contribution in [-0.2, 0) is 11.3 Å². The molecule has 0 spiro atoms. The van der Waals surface area contributed by atoms with Gasteiger partial charge in [0.15, 0.2) is 0 Å². The molecule has 0 aliphatic carbocycles. The highest BCUT2D eigenvalue weighted by atomic mass is 32.1. The Bertz CT molecular complexity index is 581. The first kappa shape index (κ1) is 14.4. The van der Waals surface area contributed by atoms with Gasteiger partial charge in [-0.2, -0.15) is 0 Å². The van der Waals surface area contributed by atoms with Crippen molar-refractivity contribution in [3.63, 3.8) is 0 Å². The number of amides is 1. The van der Waals surface area contributed by atoms with E-state index in [9.17, 15) is 4.79 Å². The number of nitrogen functional groups attached to an aromatic ring is 1. The molecule has 2 aromatic rings. The molecule has 5 heteroatoms. The Morgan fingerprint density at radius 2 is 2.15 bits per heavy atom. The van der Waals surface area contributed by atoms with Crippen molar-refractivity contribution in [2.75, 3.05) is 12.3 Å². The molecule has 0 aliphatic heterocycles. The molecule has 0 fully saturated rings. The van der Waals surface area contributed by atoms with Gasteiger partial charge in [0, 0.05) is 4.88 Å². The largest absolute Gasteiger partial charge is 0.491 e. The number of thiophene rings is 1. The molecule has 106 valence electrons. The van der Waals surface area contributed by atoms with Crippen LogP contribution < -0.4 is 15.8 Å². The Labute approximate surface area is 122 Å². The average Bonchev–Trinajstić information content (AvgIpc) is 2.84. The van der Waals surface area contributed by atoms with Gasteiger partial charge in [0.05, 0.1) is 25.3 Å². The predicted octanol–water partition coefficient (Wildman–Crippen LogP) is 2.72. The monoisotopic (exact) mass is 290 g/mol. The number of para-hydroxylation sites is 2. The van der Waals surface area contributed by atoms with Gasteiger partial charge in [-0.15, -0.1) is 11.3 Å². The van der Waals surface area contributed by atoms with Crippen molar-refractivity contribution in [3.8, 4) is 5.75 Å². The molecule has 0 saturated carbocycles. The summed E-state index contributed by atoms with van der Waals surface area (Å²) in [5.74, 6) is 0.599. The van der Waals surface area contributed by atoms with E-state index in [0.717, 1.165) is 0 Å². The highest BCUT2D eigenvalue weighted by Gasteiger charge is 2.05. The smallest absolute Gasteiger partial charge is 0.223 e. The number of carbonyl (C=O) groups excluding carboxylic acids is 1. The van der Waals surface area contributed by atoms with E-state index in [4.69, 9.17) is 10.5 Å². The summed E-state index contributed by atoms with van der Waals surface area (Å²) in [6.07, 6.45) is 0.318. The Morgan fingerprint density at radius 1 is 1.35 bits per heavy atom. The zero-order valence-electron chi connectivity index (χ0n) is 11.4. The quantitative estimate of drug-likeness (QED) is 0.804. The molecule has 1 amide bonds. The number of rotatable bonds is 6. The highest BCUT2D eigenvalue weighted by molar-refractivity contribution is 7.10. The lowest BCUT2D eigenvalue weighted by Crippen LogP contribution is -2.24. The highest BCUT2D eigenvalue weighted by Crippen LogP contribution is 2.19. The van der Waals surface area contributed by atoms with Crippen molar-refractivity contribution in [2.45, 2.75) is 19.9 Å². The van der Waals surface area contributed by atoms with Crippen molar-refractivity contribution >= 4 is 22.9 Å². The number of hydrogen-bond donors (Lipinski definition) is 2. The third kappa shape index (κ3) is 3.99. The van der Waals surface area contributed by atoms with Crippen LogP contribution in [0.5, 0.6) is 5.75 Å². The molecule has 1 heterocycles. The Morgan fingerprint density at radius 3 is 2.85 bits per heavy atom. The Balaban J connectivity index is 1.71. The van der Waals surface area contributed by atoms with Crippen LogP contribution >= 0.6 is 11.3 Å². The van der Waals surface area contributed by atoms with Crippen LogP contribution in [0.15, 0.2) is 35.7 Å². The van der Waals surface area contributed by atoms with E-state index in [-0.39, 0.29) is 5.91 Å². The van der Waals surface area contributed by atoms with Crippen LogP contribution in [0.4, 0.5) is 5.69 Å². The zero-order valence-corrected chi connectivity index (χ0v) is 12.2. The molecular weight excluding hydrogens is 272 g/mol. The third-order valence-electron chi connectivity index (χ3n) is 2.92. The van der Waals surface area contributed by atoms with Crippen molar-refractivity contribution in [1.82, 2.24) is 5.32 Å². The van der Waals surface area contributed by atoms with Gasteiger partial charge in [-0.1, -0.05) is 12.1 Å². The number of nitrogens with two attached hydrogens (primary N) is 1. The van der Waals surface area contributed by atoms with E-state index in [1.807, 2.05) is 30.5 Å². The topological polar surface area (TPSA) is 64.3 Å². The first-order chi connectivity index (χ1) is 9.66. The van der Waals surface area contributed by atoms with Crippen molar-refractivity contribution in [3.05, 3.63) is 46.2 Å². The molecule has 0 unspecified atom stereocenters. The first-order valence-electron chi connectivity index (χ1n) is 6.44. The lowest BCUT2D eigenvalue weighted by molar-refractivity contribution is -0.121. The van der Waals surface area contributed by atoms with Crippen molar-refractivity contribution < 1.29 is 9.53 Å². The maximum atomic E-state index is 11.7. The van der Waals surface area contributed by atoms with E-state index in [1.165, 1.54) is 10.4 Å². The first-order valence-corrected chi connectivity index (χ1v) is 7.32. The van der Waals surface area contributed by atoms with E-state index in [1.54, 1.807) is 23.5 Å². The predicted molar refractivity (Wildman–Crippen MR) is 81.9 cm³/mol. The number of hydrogen-bond acceptors (Lipinski definition) is 4. The minimum atomic E-state index is -0.0210. The molecule has 4 nitrogen and oxygen atoms in total. The molecule has 0 saturated heterocycles. The number of ether oxygens (including phenoxy) is 1. The van der Waals surface area contributed by atoms with Gasteiger partial charge in [0.1, 0.15) is 5.75 Å². The van der Waals surface area contributed by atoms with Gasteiger partial charge in [-0.25, -0.2) is 0 Å². The molecule has 0 atom stereocenters. The van der Waals surface area contributed by atoms with Crippen molar-refractivity contribution in [2.24, 2.45) is 0 Å². The molecule has 3 N–H and O–H groups in total. The third-order valence-corrected chi connectivity index (χ3v) is 3.94. The normalized spacial score (nSPS) is 10.2. The van der Waals surface area contributed by atoms with Crippen LogP contribution in [-0.4, -0.2) is 12.5 Å². The van der Waals surface area contributed by atoms with Crippen molar-refractivity contribution in [1.29, 1.82) is 0 Å². The molecular formula is C15H18N2O2S. The maximum Gasteiger partial charge on any atom is 0.223 e. The summed E-state index contributed by atoms with van der Waals surface area (Å²) in [5.41, 5.74) is 7.55. The molecule has 1 aromatic carbocycles. The van der Waals surface area contributed by atoms with Crippen LogP contribution in [0, 0.1) is 6.92 Å². The van der Waals surface area contributed by atoms with Crippen LogP contribution in [0.2, 0.25) is 0 Å². The molecule has 0 bridgehead atoms. The summed E-state index contributed by atoms with van der Waals surface area (Å²) in [6, 6.07) is 9.31. The fourth-order valence-electron chi connectivity index (χ4n) is 1.72. The van der Waals surface area contributed by atoms with Crippen LogP contribution in [0.3, 0.4) is 0 Å². The fraction of sp³-hybridized carbons (Fsp3) is 0.267. The van der Waals surface area contributed by atoms with E-state index in [0.29, 0.717) is 31.0 Å². The SMILES string of the molecule is Cc1ccsc1CNC(=O)CCOc1ccccc1N. The van der Waals surface area contributed by atoms with Gasteiger partial charge < -0.3 is 15.8 Å². The summed E-state index contributed by atoms with van der Waals surface area (Å²) in [5, 5.41) is 4.91. The summed E-state index contributed by atoms with van der Waals surface area (Å²) in [6.45, 7) is 2.94. The Hall–Kier alpha value is -2.01. The summed E-state index contributed by atoms with van der Waals surface area (Å²) >= 11 is 1.65. The second-order valence-electron chi connectivity index (χ2n) is 4.44. The summed E-state index contributed by atoms with van der Waals surface area (Å²) in [4.78, 5) is 12.9. The molecule has 20 heavy (non-hydrogen) atoms. The molecule has 0 radical (unpaired) electrons. The van der Waals surface area contributed by atoms with Crippen LogP contribution in [0.25, 0.3) is 0 Å². The fourth-order valence-corrected chi connectivity index (χ4v) is 2.56. The van der Waals surface area contributed by atoms with Gasteiger partial charge in [-0.05, 0) is 36.1 Å². The number of aryl methyl sites for hydroxylation is 1. The molecule has 1 aromatic heterocycles. The standard InChI is InChI=1S/C15H18N2O2S/c1-11-7-9-20-14(11)10-17-15(18)6-8-19-13-5-3-2-4-12(13)16/h2-5,7,9H,6,8,10,16H2,1H3,(H,17,18). The number of benzene rings is 1. The second-order valence-corrected chi connectivity index (χ2v) is 5.44. The number of anilines is 1. The van der Waals surface area contributed by atoms with Gasteiger partial charge >= 0.3 is 0 Å². The van der Waals surface area contributed by atoms with E-state index >= 15 is 0 Å². The van der Waals surface area contributed by atoms with E-state index < -0.39 is 0 Å². The zero-order chi connectivity index (χ0) is 14.4. The summed E-state index contributed by atoms with van der Waals surface area (Å²) < 4.78 is 5.48. The minimum absolute atomic E-state index is 0.0210. The Kier molecular flexibility index (Phi) is 5.01. The number of nitrogens with one attached hydrogen (secondary N) is 1. The minimum Gasteiger partial charge on any atom is -0.491 e. The van der Waals surface area contributed by atoms with Gasteiger partial charge in [0.2, 0.25) is 5.91 Å². The van der Waals surface area contributed by atoms with E-state index in [2.05, 4.69) is 5.32 Å². The lowest BCUT2D eigenvalue weighted by Gasteiger charge is -2.08.